The Morgan fingerprint density at radius 2 is 2.00 bits per heavy atom. The number of amides is 1. The van der Waals surface area contributed by atoms with E-state index in [-0.39, 0.29) is 18.2 Å². The molecular formula is C28H40IN5O4Si. The molecule has 0 bridgehead atoms. The number of pyridine rings is 1. The molecule has 2 heterocycles. The summed E-state index contributed by atoms with van der Waals surface area (Å²) >= 11 is 2.34. The van der Waals surface area contributed by atoms with Crippen molar-refractivity contribution >= 4 is 53.5 Å². The molecule has 1 aromatic carbocycles. The van der Waals surface area contributed by atoms with Crippen LogP contribution < -0.4 is 20.1 Å². The molecular weight excluding hydrogens is 625 g/mol. The summed E-state index contributed by atoms with van der Waals surface area (Å²) in [6.45, 7) is 9.92. The summed E-state index contributed by atoms with van der Waals surface area (Å²) in [4.78, 5) is 17.2. The molecule has 1 amide bonds. The van der Waals surface area contributed by atoms with Crippen LogP contribution in [0.2, 0.25) is 25.7 Å². The van der Waals surface area contributed by atoms with Gasteiger partial charge in [0.2, 0.25) is 0 Å². The van der Waals surface area contributed by atoms with Gasteiger partial charge >= 0.3 is 6.09 Å². The lowest BCUT2D eigenvalue weighted by atomic mass is 9.91. The fraction of sp³-hybridized carbons (Fsp3) is 0.536. The summed E-state index contributed by atoms with van der Waals surface area (Å²) in [5.74, 6) is 2.31. The minimum atomic E-state index is -1.24. The van der Waals surface area contributed by atoms with Crippen molar-refractivity contribution < 1.29 is 19.0 Å². The van der Waals surface area contributed by atoms with E-state index in [1.165, 1.54) is 0 Å². The Hall–Kier alpha value is -2.54. The molecule has 1 saturated carbocycles. The Morgan fingerprint density at radius 1 is 1.21 bits per heavy atom. The number of benzene rings is 1. The Balaban J connectivity index is 1.50. The number of carbonyl (C=O) groups is 1. The molecule has 1 aliphatic rings. The molecule has 2 atom stereocenters. The topological polar surface area (TPSA) is 99.5 Å². The molecule has 11 heteroatoms. The van der Waals surface area contributed by atoms with Crippen molar-refractivity contribution in [3.63, 3.8) is 0 Å². The fourth-order valence-corrected chi connectivity index (χ4v) is 6.43. The average Bonchev–Trinajstić information content (AvgIpc) is 3.26. The van der Waals surface area contributed by atoms with Crippen molar-refractivity contribution in [3.8, 4) is 11.5 Å². The first-order chi connectivity index (χ1) is 18.6. The van der Waals surface area contributed by atoms with Crippen molar-refractivity contribution in [1.29, 1.82) is 0 Å². The first kappa shape index (κ1) is 29.4. The molecule has 1 fully saturated rings. The first-order valence-electron chi connectivity index (χ1n) is 13.5. The van der Waals surface area contributed by atoms with Crippen LogP contribution in [0.5, 0.6) is 11.5 Å². The number of rotatable bonds is 10. The largest absolute Gasteiger partial charge is 0.497 e. The van der Waals surface area contributed by atoms with E-state index < -0.39 is 8.07 Å². The zero-order valence-electron chi connectivity index (χ0n) is 23.8. The third kappa shape index (κ3) is 7.36. The quantitative estimate of drug-likeness (QED) is 0.188. The molecule has 2 N–H and O–H groups in total. The summed E-state index contributed by atoms with van der Waals surface area (Å²) in [5, 5.41) is 12.6. The normalized spacial score (nSPS) is 17.6. The Morgan fingerprint density at radius 3 is 2.72 bits per heavy atom. The molecule has 0 radical (unpaired) electrons. The van der Waals surface area contributed by atoms with Gasteiger partial charge in [-0.2, -0.15) is 5.10 Å². The number of hydrogen-bond acceptors (Lipinski definition) is 7. The number of hydrogen-bond donors (Lipinski definition) is 2. The summed E-state index contributed by atoms with van der Waals surface area (Å²) in [6.07, 6.45) is 5.40. The van der Waals surface area contributed by atoms with Gasteiger partial charge in [0.25, 0.3) is 0 Å². The van der Waals surface area contributed by atoms with Crippen LogP contribution in [0.4, 0.5) is 10.6 Å². The highest BCUT2D eigenvalue weighted by Gasteiger charge is 2.28. The number of halogens is 1. The highest BCUT2D eigenvalue weighted by molar-refractivity contribution is 14.1. The van der Waals surface area contributed by atoms with Gasteiger partial charge < -0.3 is 24.8 Å². The van der Waals surface area contributed by atoms with Crippen molar-refractivity contribution in [2.45, 2.75) is 76.9 Å². The number of aryl methyl sites for hydroxylation is 1. The van der Waals surface area contributed by atoms with Crippen LogP contribution >= 0.6 is 22.6 Å². The smallest absolute Gasteiger partial charge is 0.407 e. The van der Waals surface area contributed by atoms with E-state index in [1.807, 2.05) is 31.3 Å². The van der Waals surface area contributed by atoms with E-state index >= 15 is 0 Å². The maximum Gasteiger partial charge on any atom is 0.407 e. The van der Waals surface area contributed by atoms with E-state index in [0.717, 1.165) is 74.8 Å². The number of carbonyl (C=O) groups excluding carboxylic acids is 1. The maximum absolute atomic E-state index is 12.5. The van der Waals surface area contributed by atoms with Gasteiger partial charge in [-0.15, -0.1) is 0 Å². The van der Waals surface area contributed by atoms with E-state index in [2.05, 4.69) is 57.5 Å². The third-order valence-electron chi connectivity index (χ3n) is 7.20. The van der Waals surface area contributed by atoms with E-state index in [1.54, 1.807) is 14.2 Å². The molecule has 3 aromatic rings. The lowest BCUT2D eigenvalue weighted by Crippen LogP contribution is -2.39. The Labute approximate surface area is 245 Å². The summed E-state index contributed by atoms with van der Waals surface area (Å²) in [5.41, 5.74) is 3.02. The van der Waals surface area contributed by atoms with Gasteiger partial charge in [0.15, 0.2) is 0 Å². The SMILES string of the molecule is COc1ccc(CNc2ncc(I)c3c2c(C)nn3[C@@H]2CCC[C@@H](NC(=O)OCC[Si](C)(C)C)C2)c(OC)c1. The number of fused-ring (bicyclic) bond motifs is 1. The molecule has 39 heavy (non-hydrogen) atoms. The van der Waals surface area contributed by atoms with Crippen molar-refractivity contribution in [3.05, 3.63) is 39.2 Å². The number of anilines is 1. The Kier molecular flexibility index (Phi) is 9.63. The van der Waals surface area contributed by atoms with Gasteiger partial charge in [0, 0.05) is 38.5 Å². The van der Waals surface area contributed by atoms with E-state index in [4.69, 9.17) is 24.3 Å². The molecule has 0 spiro atoms. The van der Waals surface area contributed by atoms with Crippen LogP contribution in [0.3, 0.4) is 0 Å². The Bertz CT molecular complexity index is 1310. The van der Waals surface area contributed by atoms with Crippen LogP contribution in [0.1, 0.15) is 43.0 Å². The zero-order valence-corrected chi connectivity index (χ0v) is 26.9. The second-order valence-electron chi connectivity index (χ2n) is 11.3. The molecule has 1 aliphatic carbocycles. The summed E-state index contributed by atoms with van der Waals surface area (Å²) in [6, 6.07) is 7.04. The van der Waals surface area contributed by atoms with Gasteiger partial charge in [0.05, 0.1) is 47.0 Å². The average molecular weight is 666 g/mol. The lowest BCUT2D eigenvalue weighted by Gasteiger charge is -2.30. The van der Waals surface area contributed by atoms with Gasteiger partial charge in [-0.3, -0.25) is 4.68 Å². The molecule has 9 nitrogen and oxygen atoms in total. The molecule has 2 aromatic heterocycles. The fourth-order valence-electron chi connectivity index (χ4n) is 5.06. The van der Waals surface area contributed by atoms with Crippen molar-refractivity contribution in [2.75, 3.05) is 26.1 Å². The number of methoxy groups -OCH3 is 2. The van der Waals surface area contributed by atoms with Crippen LogP contribution in [0.25, 0.3) is 10.9 Å². The van der Waals surface area contributed by atoms with Gasteiger partial charge in [0.1, 0.15) is 17.3 Å². The predicted molar refractivity (Wildman–Crippen MR) is 166 cm³/mol. The molecule has 0 unspecified atom stereocenters. The predicted octanol–water partition coefficient (Wildman–Crippen LogP) is 6.52. The number of aromatic nitrogens is 3. The van der Waals surface area contributed by atoms with Crippen LogP contribution in [0.15, 0.2) is 24.4 Å². The number of nitrogens with one attached hydrogen (secondary N) is 2. The van der Waals surface area contributed by atoms with Crippen molar-refractivity contribution in [2.24, 2.45) is 0 Å². The number of alkyl carbamates (subject to hydrolysis) is 1. The second-order valence-corrected chi connectivity index (χ2v) is 18.1. The van der Waals surface area contributed by atoms with Gasteiger partial charge in [-0.05, 0) is 73.4 Å². The summed E-state index contributed by atoms with van der Waals surface area (Å²) < 4.78 is 19.6. The molecule has 0 aliphatic heterocycles. The van der Waals surface area contributed by atoms with E-state index in [9.17, 15) is 4.79 Å². The molecule has 212 valence electrons. The minimum Gasteiger partial charge on any atom is -0.497 e. The highest BCUT2D eigenvalue weighted by atomic mass is 127. The zero-order chi connectivity index (χ0) is 28.2. The standard InChI is InChI=1S/C28H40IN5O4Si/c1-18-25-26(23(29)17-31-27(25)30-16-19-10-11-22(36-2)15-24(19)37-3)34(33-18)21-9-7-8-20(14-21)32-28(35)38-12-13-39(4,5)6/h10-11,15,17,20-21H,7-9,12-14,16H2,1-6H3,(H,30,31)(H,32,35)/t20-,21-/m1/s1. The van der Waals surface area contributed by atoms with Crippen LogP contribution in [-0.2, 0) is 11.3 Å². The lowest BCUT2D eigenvalue weighted by molar-refractivity contribution is 0.141. The summed E-state index contributed by atoms with van der Waals surface area (Å²) in [7, 11) is 2.07. The number of ether oxygens (including phenoxy) is 3. The first-order valence-corrected chi connectivity index (χ1v) is 18.3. The maximum atomic E-state index is 12.5. The highest BCUT2D eigenvalue weighted by Crippen LogP contribution is 2.36. The van der Waals surface area contributed by atoms with Gasteiger partial charge in [-0.1, -0.05) is 19.6 Å². The minimum absolute atomic E-state index is 0.0716. The molecule has 0 saturated heterocycles. The van der Waals surface area contributed by atoms with Gasteiger partial charge in [-0.25, -0.2) is 9.78 Å². The van der Waals surface area contributed by atoms with Crippen LogP contribution in [0, 0.1) is 10.5 Å². The molecule has 4 rings (SSSR count). The third-order valence-corrected chi connectivity index (χ3v) is 9.69. The van der Waals surface area contributed by atoms with Crippen molar-refractivity contribution in [1.82, 2.24) is 20.1 Å². The van der Waals surface area contributed by atoms with E-state index in [0.29, 0.717) is 13.2 Å². The van der Waals surface area contributed by atoms with Crippen LogP contribution in [-0.4, -0.2) is 55.8 Å². The number of nitrogens with zero attached hydrogens (tertiary/aromatic N) is 3. The second kappa shape index (κ2) is 12.8. The monoisotopic (exact) mass is 665 g/mol.